The van der Waals surface area contributed by atoms with Crippen LogP contribution in [0.15, 0.2) is 55.0 Å². The molecule has 3 rings (SSSR count). The van der Waals surface area contributed by atoms with E-state index in [2.05, 4.69) is 10.1 Å². The van der Waals surface area contributed by atoms with Gasteiger partial charge in [-0.2, -0.15) is 18.3 Å². The minimum absolute atomic E-state index is 0.238. The lowest BCUT2D eigenvalue weighted by molar-refractivity contribution is -0.137. The summed E-state index contributed by atoms with van der Waals surface area (Å²) in [7, 11) is 1.29. The van der Waals surface area contributed by atoms with Crippen molar-refractivity contribution in [3.8, 4) is 11.1 Å². The molecule has 1 aromatic carbocycles. The number of halogens is 3. The molecule has 8 heteroatoms. The number of methoxy groups -OCH3 is 1. The number of rotatable bonds is 6. The number of alkyl halides is 3. The van der Waals surface area contributed by atoms with Crippen molar-refractivity contribution >= 4 is 5.97 Å². The smallest absolute Gasteiger partial charge is 0.390 e. The molecule has 0 bridgehead atoms. The summed E-state index contributed by atoms with van der Waals surface area (Å²) >= 11 is 0. The Morgan fingerprint density at radius 2 is 1.93 bits per heavy atom. The fraction of sp³-hybridized carbons (Fsp3) is 0.250. The van der Waals surface area contributed by atoms with Crippen LogP contribution in [0.5, 0.6) is 0 Å². The first-order valence-electron chi connectivity index (χ1n) is 8.57. The van der Waals surface area contributed by atoms with Crippen molar-refractivity contribution in [2.45, 2.75) is 25.6 Å². The minimum atomic E-state index is -4.26. The zero-order valence-corrected chi connectivity index (χ0v) is 15.1. The number of carbonyl (C=O) groups excluding carboxylic acids is 1. The van der Waals surface area contributed by atoms with E-state index >= 15 is 0 Å². The molecule has 2 aromatic heterocycles. The Morgan fingerprint density at radius 1 is 1.18 bits per heavy atom. The molecule has 3 aromatic rings. The Labute approximate surface area is 159 Å². The van der Waals surface area contributed by atoms with Gasteiger partial charge >= 0.3 is 12.1 Å². The van der Waals surface area contributed by atoms with Crippen molar-refractivity contribution in [3.05, 3.63) is 71.8 Å². The predicted molar refractivity (Wildman–Crippen MR) is 96.7 cm³/mol. The zero-order chi connectivity index (χ0) is 20.1. The summed E-state index contributed by atoms with van der Waals surface area (Å²) < 4.78 is 43.9. The summed E-state index contributed by atoms with van der Waals surface area (Å²) in [5.41, 5.74) is 3.04. The van der Waals surface area contributed by atoms with Gasteiger partial charge in [-0.1, -0.05) is 30.3 Å². The molecule has 0 spiro atoms. The second kappa shape index (κ2) is 8.24. The largest absolute Gasteiger partial charge is 0.465 e. The third-order valence-electron chi connectivity index (χ3n) is 4.21. The molecule has 28 heavy (non-hydrogen) atoms. The van der Waals surface area contributed by atoms with Crippen LogP contribution in [0.4, 0.5) is 13.2 Å². The van der Waals surface area contributed by atoms with E-state index in [4.69, 9.17) is 4.74 Å². The maximum atomic E-state index is 12.6. The average Bonchev–Trinajstić information content (AvgIpc) is 3.09. The normalized spacial score (nSPS) is 11.4. The highest BCUT2D eigenvalue weighted by molar-refractivity contribution is 5.91. The van der Waals surface area contributed by atoms with Gasteiger partial charge in [0.25, 0.3) is 0 Å². The van der Waals surface area contributed by atoms with Gasteiger partial charge in [-0.3, -0.25) is 9.67 Å². The van der Waals surface area contributed by atoms with Gasteiger partial charge in [0.1, 0.15) is 0 Å². The average molecular weight is 389 g/mol. The number of esters is 1. The molecule has 0 aliphatic heterocycles. The van der Waals surface area contributed by atoms with E-state index in [1.54, 1.807) is 12.3 Å². The predicted octanol–water partition coefficient (Wildman–Crippen LogP) is 4.27. The standard InChI is InChI=1S/C20H18F3N3O2/c1-28-19(27)16-7-9-24-12-15(16)11-18-17(14-5-3-2-4-6-14)13-26(25-18)10-8-20(21,22)23/h2-7,9,12-13H,8,10-11H2,1H3. The van der Waals surface area contributed by atoms with Gasteiger partial charge in [0.05, 0.1) is 24.8 Å². The third-order valence-corrected chi connectivity index (χ3v) is 4.21. The number of ether oxygens (including phenoxy) is 1. The number of benzene rings is 1. The lowest BCUT2D eigenvalue weighted by atomic mass is 10.00. The summed E-state index contributed by atoms with van der Waals surface area (Å²) in [6, 6.07) is 10.8. The number of hydrogen-bond donors (Lipinski definition) is 0. The maximum absolute atomic E-state index is 12.6. The molecule has 146 valence electrons. The van der Waals surface area contributed by atoms with Gasteiger partial charge in [-0.15, -0.1) is 0 Å². The van der Waals surface area contributed by atoms with Gasteiger partial charge in [0.2, 0.25) is 0 Å². The number of aryl methyl sites for hydroxylation is 1. The van der Waals surface area contributed by atoms with Crippen LogP contribution >= 0.6 is 0 Å². The molecule has 0 N–H and O–H groups in total. The number of pyridine rings is 1. The lowest BCUT2D eigenvalue weighted by Gasteiger charge is -2.07. The first kappa shape index (κ1) is 19.6. The monoisotopic (exact) mass is 389 g/mol. The third kappa shape index (κ3) is 4.76. The quantitative estimate of drug-likeness (QED) is 0.591. The van der Waals surface area contributed by atoms with Gasteiger partial charge in [-0.05, 0) is 17.2 Å². The number of carbonyl (C=O) groups is 1. The zero-order valence-electron chi connectivity index (χ0n) is 15.1. The number of aromatic nitrogens is 3. The lowest BCUT2D eigenvalue weighted by Crippen LogP contribution is -2.12. The molecule has 0 saturated heterocycles. The molecule has 5 nitrogen and oxygen atoms in total. The van der Waals surface area contributed by atoms with Crippen molar-refractivity contribution in [1.29, 1.82) is 0 Å². The van der Waals surface area contributed by atoms with Crippen LogP contribution in [0.2, 0.25) is 0 Å². The van der Waals surface area contributed by atoms with Crippen molar-refractivity contribution < 1.29 is 22.7 Å². The van der Waals surface area contributed by atoms with Crippen molar-refractivity contribution in [2.24, 2.45) is 0 Å². The summed E-state index contributed by atoms with van der Waals surface area (Å²) in [6.07, 6.45) is -0.374. The van der Waals surface area contributed by atoms with Crippen molar-refractivity contribution in [3.63, 3.8) is 0 Å². The summed E-state index contributed by atoms with van der Waals surface area (Å²) in [5.74, 6) is -0.504. The molecule has 0 fully saturated rings. The Bertz CT molecular complexity index is 953. The fourth-order valence-corrected chi connectivity index (χ4v) is 2.86. The minimum Gasteiger partial charge on any atom is -0.465 e. The highest BCUT2D eigenvalue weighted by Crippen LogP contribution is 2.27. The molecule has 0 amide bonds. The summed E-state index contributed by atoms with van der Waals surface area (Å²) in [6.45, 7) is -0.278. The van der Waals surface area contributed by atoms with Crippen molar-refractivity contribution in [2.75, 3.05) is 7.11 Å². The van der Waals surface area contributed by atoms with E-state index in [1.165, 1.54) is 24.2 Å². The SMILES string of the molecule is COC(=O)c1ccncc1Cc1nn(CCC(F)(F)F)cc1-c1ccccc1. The first-order chi connectivity index (χ1) is 13.4. The highest BCUT2D eigenvalue weighted by atomic mass is 19.4. The van der Waals surface area contributed by atoms with Gasteiger partial charge in [0.15, 0.2) is 0 Å². The van der Waals surface area contributed by atoms with Gasteiger partial charge in [-0.25, -0.2) is 4.79 Å². The van der Waals surface area contributed by atoms with Crippen LogP contribution in [0.25, 0.3) is 11.1 Å². The molecule has 0 aliphatic carbocycles. The second-order valence-corrected chi connectivity index (χ2v) is 6.18. The Kier molecular flexibility index (Phi) is 5.77. The second-order valence-electron chi connectivity index (χ2n) is 6.18. The molecule has 0 aliphatic rings. The molecule has 0 saturated carbocycles. The Morgan fingerprint density at radius 3 is 2.61 bits per heavy atom. The van der Waals surface area contributed by atoms with E-state index in [9.17, 15) is 18.0 Å². The topological polar surface area (TPSA) is 57.0 Å². The first-order valence-corrected chi connectivity index (χ1v) is 8.57. The van der Waals surface area contributed by atoms with E-state index in [0.717, 1.165) is 5.56 Å². The van der Waals surface area contributed by atoms with Crippen LogP contribution in [0.1, 0.15) is 28.0 Å². The molecule has 0 radical (unpaired) electrons. The van der Waals surface area contributed by atoms with Crippen LogP contribution in [0.3, 0.4) is 0 Å². The van der Waals surface area contributed by atoms with Crippen LogP contribution in [-0.2, 0) is 17.7 Å². The maximum Gasteiger partial charge on any atom is 0.390 e. The van der Waals surface area contributed by atoms with E-state index in [1.807, 2.05) is 30.3 Å². The molecule has 2 heterocycles. The van der Waals surface area contributed by atoms with Crippen LogP contribution in [0, 0.1) is 0 Å². The Balaban J connectivity index is 1.98. The molecular weight excluding hydrogens is 371 g/mol. The van der Waals surface area contributed by atoms with Crippen LogP contribution in [-0.4, -0.2) is 34.0 Å². The van der Waals surface area contributed by atoms with Gasteiger partial charge < -0.3 is 4.74 Å². The van der Waals surface area contributed by atoms with E-state index in [-0.39, 0.29) is 13.0 Å². The highest BCUT2D eigenvalue weighted by Gasteiger charge is 2.27. The van der Waals surface area contributed by atoms with Crippen LogP contribution < -0.4 is 0 Å². The van der Waals surface area contributed by atoms with E-state index in [0.29, 0.717) is 22.4 Å². The van der Waals surface area contributed by atoms with Gasteiger partial charge in [0, 0.05) is 37.1 Å². The van der Waals surface area contributed by atoms with E-state index < -0.39 is 18.6 Å². The fourth-order valence-electron chi connectivity index (χ4n) is 2.86. The Hall–Kier alpha value is -3.16. The summed E-state index contributed by atoms with van der Waals surface area (Å²) in [5, 5.41) is 4.35. The number of hydrogen-bond acceptors (Lipinski definition) is 4. The molecule has 0 atom stereocenters. The molecule has 0 unspecified atom stereocenters. The van der Waals surface area contributed by atoms with Crippen molar-refractivity contribution in [1.82, 2.24) is 14.8 Å². The number of nitrogens with zero attached hydrogens (tertiary/aromatic N) is 3. The molecular formula is C20H18F3N3O2. The summed E-state index contributed by atoms with van der Waals surface area (Å²) in [4.78, 5) is 16.0.